The average molecular weight is 635 g/mol. The van der Waals surface area contributed by atoms with Gasteiger partial charge in [-0.05, 0) is 48.0 Å². The highest BCUT2D eigenvalue weighted by atomic mass is 32.2. The summed E-state index contributed by atoms with van der Waals surface area (Å²) in [5.41, 5.74) is 4.67. The fraction of sp³-hybridized carbons (Fsp3) is 0.0294. The maximum Gasteiger partial charge on any atom is 0.336 e. The molecule has 6 aromatic rings. The molecule has 45 heavy (non-hydrogen) atoms. The van der Waals surface area contributed by atoms with Gasteiger partial charge < -0.3 is 10.5 Å². The summed E-state index contributed by atoms with van der Waals surface area (Å²) in [7, 11) is -3.89. The van der Waals surface area contributed by atoms with Crippen LogP contribution < -0.4 is 15.7 Å². The number of aromatic nitrogens is 2. The van der Waals surface area contributed by atoms with Crippen molar-refractivity contribution in [2.45, 2.75) is 15.2 Å². The van der Waals surface area contributed by atoms with Gasteiger partial charge in [0.15, 0.2) is 5.82 Å². The van der Waals surface area contributed by atoms with E-state index in [0.717, 1.165) is 5.56 Å². The molecule has 0 aliphatic heterocycles. The molecule has 0 saturated heterocycles. The molecule has 0 radical (unpaired) electrons. The summed E-state index contributed by atoms with van der Waals surface area (Å²) in [6, 6.07) is 37.6. The molecule has 1 atom stereocenters. The normalized spacial score (nSPS) is 12.0. The number of carboxylic acids is 1. The number of hydrogen-bond acceptors (Lipinski definition) is 7. The maximum absolute atomic E-state index is 14.0. The molecule has 9 nitrogen and oxygen atoms in total. The Labute approximate surface area is 263 Å². The van der Waals surface area contributed by atoms with E-state index < -0.39 is 26.9 Å². The van der Waals surface area contributed by atoms with E-state index in [0.29, 0.717) is 21.5 Å². The van der Waals surface area contributed by atoms with Crippen LogP contribution in [0.25, 0.3) is 22.3 Å². The topological polar surface area (TPSA) is 130 Å². The third-order valence-corrected chi connectivity index (χ3v) is 9.56. The number of sulfonamides is 1. The molecule has 224 valence electrons. The Bertz CT molecular complexity index is 2170. The summed E-state index contributed by atoms with van der Waals surface area (Å²) in [6.45, 7) is 0. The second-order valence-corrected chi connectivity index (χ2v) is 12.7. The van der Waals surface area contributed by atoms with E-state index in [1.807, 2.05) is 30.3 Å². The number of rotatable bonds is 10. The molecule has 5 aromatic carbocycles. The molecular weight excluding hydrogens is 609 g/mol. The molecule has 0 amide bonds. The van der Waals surface area contributed by atoms with E-state index >= 15 is 0 Å². The first-order valence-corrected chi connectivity index (χ1v) is 16.2. The van der Waals surface area contributed by atoms with Crippen molar-refractivity contribution < 1.29 is 18.3 Å². The highest BCUT2D eigenvalue weighted by Crippen LogP contribution is 2.39. The highest BCUT2D eigenvalue weighted by molar-refractivity contribution is 8.00. The van der Waals surface area contributed by atoms with Crippen LogP contribution in [0.3, 0.4) is 0 Å². The van der Waals surface area contributed by atoms with Crippen LogP contribution in [0.2, 0.25) is 0 Å². The summed E-state index contributed by atoms with van der Waals surface area (Å²) in [5.74, 6) is -1.04. The van der Waals surface area contributed by atoms with Gasteiger partial charge in [0.2, 0.25) is 0 Å². The van der Waals surface area contributed by atoms with Crippen molar-refractivity contribution in [2.24, 2.45) is 0 Å². The largest absolute Gasteiger partial charge is 0.478 e. The fourth-order valence-electron chi connectivity index (χ4n) is 4.80. The van der Waals surface area contributed by atoms with Crippen LogP contribution in [-0.4, -0.2) is 29.2 Å². The van der Waals surface area contributed by atoms with Crippen molar-refractivity contribution in [1.29, 1.82) is 0 Å². The van der Waals surface area contributed by atoms with Gasteiger partial charge in [-0.25, -0.2) is 22.9 Å². The van der Waals surface area contributed by atoms with Gasteiger partial charge in [-0.3, -0.25) is 9.52 Å². The van der Waals surface area contributed by atoms with E-state index in [2.05, 4.69) is 10.1 Å². The van der Waals surface area contributed by atoms with Gasteiger partial charge in [-0.2, -0.15) is 0 Å². The van der Waals surface area contributed by atoms with Gasteiger partial charge in [-0.1, -0.05) is 103 Å². The Hall–Kier alpha value is -5.39. The fourth-order valence-corrected chi connectivity index (χ4v) is 7.07. The van der Waals surface area contributed by atoms with Crippen molar-refractivity contribution in [3.05, 3.63) is 155 Å². The first-order chi connectivity index (χ1) is 21.8. The molecule has 0 saturated carbocycles. The number of para-hydroxylation sites is 2. The van der Waals surface area contributed by atoms with E-state index in [-0.39, 0.29) is 21.8 Å². The lowest BCUT2D eigenvalue weighted by atomic mass is 10.1. The number of nitrogens with zero attached hydrogens (tertiary/aromatic N) is 2. The van der Waals surface area contributed by atoms with Crippen LogP contribution in [0, 0.1) is 0 Å². The van der Waals surface area contributed by atoms with Gasteiger partial charge in [0.1, 0.15) is 5.37 Å². The third kappa shape index (κ3) is 6.30. The number of anilines is 1. The zero-order chi connectivity index (χ0) is 31.4. The minimum absolute atomic E-state index is 0.0141. The monoisotopic (exact) mass is 634 g/mol. The minimum Gasteiger partial charge on any atom is -0.478 e. The predicted molar refractivity (Wildman–Crippen MR) is 176 cm³/mol. The molecule has 0 spiro atoms. The molecule has 0 aliphatic carbocycles. The number of thioether (sulfide) groups is 1. The second kappa shape index (κ2) is 12.7. The molecule has 11 heteroatoms. The minimum atomic E-state index is -3.89. The van der Waals surface area contributed by atoms with Crippen LogP contribution in [0.5, 0.6) is 0 Å². The molecule has 1 aromatic heterocycles. The predicted octanol–water partition coefficient (Wildman–Crippen LogP) is 6.60. The van der Waals surface area contributed by atoms with Crippen LogP contribution in [0.1, 0.15) is 21.3 Å². The molecule has 1 heterocycles. The molecule has 0 aliphatic rings. The van der Waals surface area contributed by atoms with Crippen LogP contribution in [0.15, 0.2) is 148 Å². The van der Waals surface area contributed by atoms with Crippen molar-refractivity contribution in [3.8, 4) is 11.4 Å². The smallest absolute Gasteiger partial charge is 0.336 e. The Kier molecular flexibility index (Phi) is 8.37. The van der Waals surface area contributed by atoms with Crippen molar-refractivity contribution in [1.82, 2.24) is 9.66 Å². The lowest BCUT2D eigenvalue weighted by Gasteiger charge is -2.24. The number of benzene rings is 5. The van der Waals surface area contributed by atoms with Gasteiger partial charge >= 0.3 is 5.97 Å². The quantitative estimate of drug-likeness (QED) is 0.114. The lowest BCUT2D eigenvalue weighted by molar-refractivity contribution is 0.0697. The Morgan fingerprint density at radius 3 is 2.16 bits per heavy atom. The van der Waals surface area contributed by atoms with Gasteiger partial charge in [0.25, 0.3) is 15.6 Å². The molecule has 6 rings (SSSR count). The molecular formula is C34H26N4O5S2. The first kappa shape index (κ1) is 29.7. The first-order valence-electron chi connectivity index (χ1n) is 13.8. The number of hydrogen-bond donors (Lipinski definition) is 3. The summed E-state index contributed by atoms with van der Waals surface area (Å²) in [4.78, 5) is 31.7. The van der Waals surface area contributed by atoms with E-state index in [1.54, 1.807) is 84.9 Å². The van der Waals surface area contributed by atoms with Crippen LogP contribution in [0.4, 0.5) is 5.69 Å². The van der Waals surface area contributed by atoms with E-state index in [1.165, 1.54) is 34.6 Å². The Morgan fingerprint density at radius 2 is 1.40 bits per heavy atom. The molecule has 0 fully saturated rings. The zero-order valence-corrected chi connectivity index (χ0v) is 25.2. The summed E-state index contributed by atoms with van der Waals surface area (Å²) >= 11 is 1.29. The number of carboxylic acid groups (broad SMARTS) is 1. The summed E-state index contributed by atoms with van der Waals surface area (Å²) < 4.78 is 30.4. The van der Waals surface area contributed by atoms with E-state index in [9.17, 15) is 23.1 Å². The third-order valence-electron chi connectivity index (χ3n) is 6.95. The second-order valence-electron chi connectivity index (χ2n) is 9.90. The number of carbonyl (C=O) groups is 1. The number of aromatic carboxylic acids is 1. The number of fused-ring (bicyclic) bond motifs is 1. The Balaban J connectivity index is 1.47. The van der Waals surface area contributed by atoms with Crippen molar-refractivity contribution >= 4 is 44.3 Å². The van der Waals surface area contributed by atoms with Gasteiger partial charge in [0.05, 0.1) is 27.0 Å². The lowest BCUT2D eigenvalue weighted by Crippen LogP contribution is -2.33. The SMILES string of the molecule is O=C(O)c1ccccc1-c1nc2ccccc2c(=O)n1NC(Sc1ccccc1NS(=O)(=O)c1ccccc1)c1ccccc1. The summed E-state index contributed by atoms with van der Waals surface area (Å²) in [6.07, 6.45) is 0. The highest BCUT2D eigenvalue weighted by Gasteiger charge is 2.23. The average Bonchev–Trinajstić information content (AvgIpc) is 3.07. The molecule has 0 bridgehead atoms. The van der Waals surface area contributed by atoms with E-state index in [4.69, 9.17) is 4.98 Å². The molecule has 1 unspecified atom stereocenters. The standard InChI is InChI=1S/C34H26N4O5S2/c39-33-27-19-9-10-20-28(27)35-31(25-17-7-8-18-26(25)34(40)41)38(33)36-32(23-13-3-1-4-14-23)44-30-22-12-11-21-29(30)37-45(42,43)24-15-5-2-6-16-24/h1-22,32,36-37H,(H,40,41). The van der Waals surface area contributed by atoms with Crippen LogP contribution in [-0.2, 0) is 10.0 Å². The molecule has 3 N–H and O–H groups in total. The number of nitrogens with one attached hydrogen (secondary N) is 2. The maximum atomic E-state index is 14.0. The Morgan fingerprint density at radius 1 is 0.778 bits per heavy atom. The van der Waals surface area contributed by atoms with Crippen molar-refractivity contribution in [3.63, 3.8) is 0 Å². The summed E-state index contributed by atoms with van der Waals surface area (Å²) in [5, 5.41) is 9.66. The van der Waals surface area contributed by atoms with Crippen molar-refractivity contribution in [2.75, 3.05) is 10.1 Å². The zero-order valence-electron chi connectivity index (χ0n) is 23.6. The van der Waals surface area contributed by atoms with Gasteiger partial charge in [0, 0.05) is 10.5 Å². The van der Waals surface area contributed by atoms with Crippen LogP contribution >= 0.6 is 11.8 Å². The van der Waals surface area contributed by atoms with Gasteiger partial charge in [-0.15, -0.1) is 0 Å².